The Balaban J connectivity index is 1.74. The Morgan fingerprint density at radius 3 is 2.74 bits per heavy atom. The summed E-state index contributed by atoms with van der Waals surface area (Å²) in [6, 6.07) is 14.0. The first-order valence-corrected chi connectivity index (χ1v) is 7.62. The number of benzene rings is 1. The lowest BCUT2D eigenvalue weighted by atomic mass is 10.2. The zero-order valence-corrected chi connectivity index (χ0v) is 13.2. The van der Waals surface area contributed by atoms with E-state index in [4.69, 9.17) is 12.2 Å². The summed E-state index contributed by atoms with van der Waals surface area (Å²) in [5.74, 6) is 0. The average molecular weight is 354 g/mol. The van der Waals surface area contributed by atoms with Crippen molar-refractivity contribution in [1.29, 1.82) is 0 Å². The second kappa shape index (κ2) is 7.37. The zero-order valence-electron chi connectivity index (χ0n) is 9.97. The monoisotopic (exact) mass is 353 g/mol. The third-order valence-electron chi connectivity index (χ3n) is 2.25. The SMILES string of the molecule is S=C(NCc1ccccc1)N/N=C\c1ccc(Br)s1. The molecule has 0 atom stereocenters. The van der Waals surface area contributed by atoms with E-state index in [2.05, 4.69) is 31.8 Å². The molecule has 0 spiro atoms. The molecular formula is C13H12BrN3S2. The van der Waals surface area contributed by atoms with Gasteiger partial charge >= 0.3 is 0 Å². The van der Waals surface area contributed by atoms with Crippen molar-refractivity contribution in [3.8, 4) is 0 Å². The van der Waals surface area contributed by atoms with Crippen LogP contribution in [0.4, 0.5) is 0 Å². The number of halogens is 1. The summed E-state index contributed by atoms with van der Waals surface area (Å²) >= 11 is 10.1. The molecule has 19 heavy (non-hydrogen) atoms. The van der Waals surface area contributed by atoms with Crippen LogP contribution < -0.4 is 10.7 Å². The number of nitrogens with zero attached hydrogens (tertiary/aromatic N) is 1. The minimum absolute atomic E-state index is 0.510. The normalized spacial score (nSPS) is 10.6. The maximum absolute atomic E-state index is 5.13. The van der Waals surface area contributed by atoms with Gasteiger partial charge in [-0.05, 0) is 45.8 Å². The van der Waals surface area contributed by atoms with Crippen molar-refractivity contribution in [2.75, 3.05) is 0 Å². The molecule has 0 unspecified atom stereocenters. The number of hydrazone groups is 1. The molecule has 0 aliphatic rings. The third kappa shape index (κ3) is 5.10. The van der Waals surface area contributed by atoms with E-state index in [0.717, 1.165) is 8.66 Å². The van der Waals surface area contributed by atoms with Crippen molar-refractivity contribution in [2.24, 2.45) is 5.10 Å². The van der Waals surface area contributed by atoms with Gasteiger partial charge in [-0.25, -0.2) is 0 Å². The van der Waals surface area contributed by atoms with E-state index in [-0.39, 0.29) is 0 Å². The molecule has 0 aliphatic heterocycles. The number of rotatable bonds is 4. The van der Waals surface area contributed by atoms with Gasteiger partial charge < -0.3 is 5.32 Å². The number of nitrogens with one attached hydrogen (secondary N) is 2. The van der Waals surface area contributed by atoms with Crippen LogP contribution in [0.5, 0.6) is 0 Å². The second-order valence-electron chi connectivity index (χ2n) is 3.68. The first-order chi connectivity index (χ1) is 9.24. The largest absolute Gasteiger partial charge is 0.357 e. The van der Waals surface area contributed by atoms with E-state index >= 15 is 0 Å². The molecule has 0 aliphatic carbocycles. The smallest absolute Gasteiger partial charge is 0.187 e. The van der Waals surface area contributed by atoms with Crippen molar-refractivity contribution >= 4 is 50.8 Å². The molecule has 0 amide bonds. The van der Waals surface area contributed by atoms with Crippen molar-refractivity contribution in [2.45, 2.75) is 6.54 Å². The van der Waals surface area contributed by atoms with E-state index in [1.54, 1.807) is 17.6 Å². The predicted molar refractivity (Wildman–Crippen MR) is 88.6 cm³/mol. The van der Waals surface area contributed by atoms with Crippen molar-refractivity contribution < 1.29 is 0 Å². The highest BCUT2D eigenvalue weighted by atomic mass is 79.9. The van der Waals surface area contributed by atoms with Crippen LogP contribution in [0.3, 0.4) is 0 Å². The molecule has 3 nitrogen and oxygen atoms in total. The molecule has 2 rings (SSSR count). The van der Waals surface area contributed by atoms with Crippen LogP contribution in [-0.2, 0) is 6.54 Å². The lowest BCUT2D eigenvalue weighted by Gasteiger charge is -2.06. The van der Waals surface area contributed by atoms with Crippen LogP contribution in [0.25, 0.3) is 0 Å². The summed E-state index contributed by atoms with van der Waals surface area (Å²) in [5, 5.41) is 7.68. The predicted octanol–water partition coefficient (Wildman–Crippen LogP) is 3.51. The molecule has 0 fully saturated rings. The molecule has 0 saturated carbocycles. The lowest BCUT2D eigenvalue weighted by molar-refractivity contribution is 0.869. The van der Waals surface area contributed by atoms with E-state index in [0.29, 0.717) is 11.7 Å². The van der Waals surface area contributed by atoms with E-state index in [1.807, 2.05) is 42.5 Å². The Kier molecular flexibility index (Phi) is 5.50. The topological polar surface area (TPSA) is 36.4 Å². The quantitative estimate of drug-likeness (QED) is 0.501. The van der Waals surface area contributed by atoms with Crippen LogP contribution in [0.2, 0.25) is 0 Å². The summed E-state index contributed by atoms with van der Waals surface area (Å²) < 4.78 is 1.08. The van der Waals surface area contributed by atoms with Gasteiger partial charge in [0.25, 0.3) is 0 Å². The maximum Gasteiger partial charge on any atom is 0.187 e. The first-order valence-electron chi connectivity index (χ1n) is 5.60. The number of hydrogen-bond acceptors (Lipinski definition) is 3. The molecule has 2 N–H and O–H groups in total. The van der Waals surface area contributed by atoms with Gasteiger partial charge in [-0.2, -0.15) is 5.10 Å². The minimum atomic E-state index is 0.510. The van der Waals surface area contributed by atoms with Gasteiger partial charge in [0.2, 0.25) is 0 Å². The summed E-state index contributed by atoms with van der Waals surface area (Å²) in [6.07, 6.45) is 1.74. The standard InChI is InChI=1S/C13H12BrN3S2/c14-12-7-6-11(19-12)9-16-17-13(18)15-8-10-4-2-1-3-5-10/h1-7,9H,8H2,(H2,15,17,18)/b16-9-. The number of thiocarbonyl (C=S) groups is 1. The molecule has 6 heteroatoms. The molecular weight excluding hydrogens is 342 g/mol. The molecule has 0 bridgehead atoms. The lowest BCUT2D eigenvalue weighted by Crippen LogP contribution is -2.31. The molecule has 0 radical (unpaired) electrons. The number of thiophene rings is 1. The third-order valence-corrected chi connectivity index (χ3v) is 4.04. The second-order valence-corrected chi connectivity index (χ2v) is 6.58. The molecule has 1 aromatic heterocycles. The molecule has 98 valence electrons. The Labute approximate surface area is 129 Å². The van der Waals surface area contributed by atoms with Crippen LogP contribution in [0.1, 0.15) is 10.4 Å². The fourth-order valence-corrected chi connectivity index (χ4v) is 2.79. The van der Waals surface area contributed by atoms with Crippen LogP contribution in [0.15, 0.2) is 51.4 Å². The summed E-state index contributed by atoms with van der Waals surface area (Å²) in [6.45, 7) is 0.687. The Hall–Kier alpha value is -1.24. The average Bonchev–Trinajstić information content (AvgIpc) is 2.83. The van der Waals surface area contributed by atoms with Gasteiger partial charge in [0, 0.05) is 11.4 Å². The van der Waals surface area contributed by atoms with E-state index < -0.39 is 0 Å². The highest BCUT2D eigenvalue weighted by Gasteiger charge is 1.95. The van der Waals surface area contributed by atoms with E-state index in [9.17, 15) is 0 Å². The molecule has 2 aromatic rings. The molecule has 1 aromatic carbocycles. The maximum atomic E-state index is 5.13. The summed E-state index contributed by atoms with van der Waals surface area (Å²) in [5.41, 5.74) is 3.97. The Bertz CT molecular complexity index is 566. The van der Waals surface area contributed by atoms with Gasteiger partial charge in [0.15, 0.2) is 5.11 Å². The molecule has 0 saturated heterocycles. The van der Waals surface area contributed by atoms with Gasteiger partial charge in [-0.3, -0.25) is 5.43 Å². The fourth-order valence-electron chi connectivity index (χ4n) is 1.37. The Morgan fingerprint density at radius 1 is 1.26 bits per heavy atom. The fraction of sp³-hybridized carbons (Fsp3) is 0.0769. The minimum Gasteiger partial charge on any atom is -0.357 e. The highest BCUT2D eigenvalue weighted by molar-refractivity contribution is 9.11. The summed E-state index contributed by atoms with van der Waals surface area (Å²) in [4.78, 5) is 1.06. The Morgan fingerprint density at radius 2 is 2.05 bits per heavy atom. The zero-order chi connectivity index (χ0) is 13.5. The van der Waals surface area contributed by atoms with E-state index in [1.165, 1.54) is 5.56 Å². The van der Waals surface area contributed by atoms with Gasteiger partial charge in [-0.15, -0.1) is 11.3 Å². The summed E-state index contributed by atoms with van der Waals surface area (Å²) in [7, 11) is 0. The van der Waals surface area contributed by atoms with Gasteiger partial charge in [0.05, 0.1) is 10.0 Å². The molecule has 1 heterocycles. The van der Waals surface area contributed by atoms with Crippen molar-refractivity contribution in [3.63, 3.8) is 0 Å². The first kappa shape index (κ1) is 14.2. The number of hydrogen-bond donors (Lipinski definition) is 2. The van der Waals surface area contributed by atoms with Gasteiger partial charge in [-0.1, -0.05) is 30.3 Å². The van der Waals surface area contributed by atoms with Crippen molar-refractivity contribution in [3.05, 3.63) is 56.7 Å². The van der Waals surface area contributed by atoms with Crippen LogP contribution in [-0.4, -0.2) is 11.3 Å². The van der Waals surface area contributed by atoms with Crippen LogP contribution in [0, 0.1) is 0 Å². The van der Waals surface area contributed by atoms with Crippen molar-refractivity contribution in [1.82, 2.24) is 10.7 Å². The van der Waals surface area contributed by atoms with Crippen LogP contribution >= 0.6 is 39.5 Å². The highest BCUT2D eigenvalue weighted by Crippen LogP contribution is 2.20. The van der Waals surface area contributed by atoms with Gasteiger partial charge in [0.1, 0.15) is 0 Å².